The van der Waals surface area contributed by atoms with Gasteiger partial charge in [0.15, 0.2) is 0 Å². The summed E-state index contributed by atoms with van der Waals surface area (Å²) in [5.41, 5.74) is 0.730. The van der Waals surface area contributed by atoms with Crippen molar-refractivity contribution in [3.05, 3.63) is 34.9 Å². The SMILES string of the molecule is O=C(c1ccc(Cl)cc1)N1CCCSCC1CN1CCOCC1. The highest BCUT2D eigenvalue weighted by Crippen LogP contribution is 2.21. The number of amides is 1. The van der Waals surface area contributed by atoms with Crippen LogP contribution < -0.4 is 0 Å². The molecule has 2 saturated heterocycles. The second-order valence-corrected chi connectivity index (χ2v) is 7.59. The first-order valence-electron chi connectivity index (χ1n) is 8.18. The zero-order valence-electron chi connectivity index (χ0n) is 13.2. The van der Waals surface area contributed by atoms with Gasteiger partial charge in [-0.05, 0) is 36.4 Å². The summed E-state index contributed by atoms with van der Waals surface area (Å²) in [5.74, 6) is 2.27. The number of hydrogen-bond acceptors (Lipinski definition) is 4. The number of benzene rings is 1. The Morgan fingerprint density at radius 2 is 1.96 bits per heavy atom. The van der Waals surface area contributed by atoms with Crippen molar-refractivity contribution in [2.45, 2.75) is 12.5 Å². The molecular weight excluding hydrogens is 332 g/mol. The van der Waals surface area contributed by atoms with Crippen molar-refractivity contribution in [2.75, 3.05) is 50.9 Å². The fourth-order valence-corrected chi connectivity index (χ4v) is 4.27. The molecular formula is C17H23ClN2O2S. The lowest BCUT2D eigenvalue weighted by Gasteiger charge is -2.35. The van der Waals surface area contributed by atoms with E-state index in [0.29, 0.717) is 5.02 Å². The summed E-state index contributed by atoms with van der Waals surface area (Å²) in [5, 5.41) is 0.665. The molecule has 2 aliphatic heterocycles. The van der Waals surface area contributed by atoms with Crippen LogP contribution in [0, 0.1) is 0 Å². The summed E-state index contributed by atoms with van der Waals surface area (Å²) < 4.78 is 5.43. The zero-order chi connectivity index (χ0) is 16.1. The first-order valence-corrected chi connectivity index (χ1v) is 9.72. The molecule has 2 heterocycles. The maximum Gasteiger partial charge on any atom is 0.254 e. The van der Waals surface area contributed by atoms with E-state index in [1.54, 1.807) is 12.1 Å². The van der Waals surface area contributed by atoms with Crippen molar-refractivity contribution < 1.29 is 9.53 Å². The zero-order valence-corrected chi connectivity index (χ0v) is 14.8. The van der Waals surface area contributed by atoms with E-state index in [1.807, 2.05) is 23.9 Å². The molecule has 0 bridgehead atoms. The van der Waals surface area contributed by atoms with Crippen LogP contribution in [0.1, 0.15) is 16.8 Å². The van der Waals surface area contributed by atoms with Crippen LogP contribution >= 0.6 is 23.4 Å². The molecule has 126 valence electrons. The smallest absolute Gasteiger partial charge is 0.254 e. The first-order chi connectivity index (χ1) is 11.2. The summed E-state index contributed by atoms with van der Waals surface area (Å²) in [6.45, 7) is 5.30. The van der Waals surface area contributed by atoms with Gasteiger partial charge in [-0.25, -0.2) is 0 Å². The van der Waals surface area contributed by atoms with Crippen LogP contribution in [-0.4, -0.2) is 72.6 Å². The van der Waals surface area contributed by atoms with E-state index < -0.39 is 0 Å². The minimum Gasteiger partial charge on any atom is -0.379 e. The van der Waals surface area contributed by atoms with Crippen LogP contribution in [0.15, 0.2) is 24.3 Å². The minimum absolute atomic E-state index is 0.127. The third kappa shape index (κ3) is 4.63. The van der Waals surface area contributed by atoms with Gasteiger partial charge in [-0.2, -0.15) is 11.8 Å². The molecule has 1 aromatic rings. The summed E-state index contributed by atoms with van der Waals surface area (Å²) in [6, 6.07) is 7.50. The first kappa shape index (κ1) is 17.1. The second kappa shape index (κ2) is 8.38. The molecule has 0 radical (unpaired) electrons. The molecule has 4 nitrogen and oxygen atoms in total. The standard InChI is InChI=1S/C17H23ClN2O2S/c18-15-4-2-14(3-5-15)17(21)20-6-1-11-23-13-16(20)12-19-7-9-22-10-8-19/h2-5,16H,1,6-13H2. The van der Waals surface area contributed by atoms with Crippen LogP contribution in [-0.2, 0) is 4.74 Å². The monoisotopic (exact) mass is 354 g/mol. The number of thioether (sulfide) groups is 1. The number of nitrogens with zero attached hydrogens (tertiary/aromatic N) is 2. The Labute approximate surface area is 147 Å². The molecule has 1 aromatic carbocycles. The number of halogens is 1. The van der Waals surface area contributed by atoms with Crippen molar-refractivity contribution in [3.63, 3.8) is 0 Å². The minimum atomic E-state index is 0.127. The fourth-order valence-electron chi connectivity index (χ4n) is 3.09. The van der Waals surface area contributed by atoms with Crippen molar-refractivity contribution in [2.24, 2.45) is 0 Å². The average molecular weight is 355 g/mol. The lowest BCUT2D eigenvalue weighted by molar-refractivity contribution is 0.0245. The fraction of sp³-hybridized carbons (Fsp3) is 0.588. The van der Waals surface area contributed by atoms with Gasteiger partial charge in [0.2, 0.25) is 0 Å². The van der Waals surface area contributed by atoms with E-state index in [0.717, 1.165) is 62.9 Å². The Hall–Kier alpha value is -0.750. The Kier molecular flexibility index (Phi) is 6.22. The van der Waals surface area contributed by atoms with Crippen LogP contribution in [0.25, 0.3) is 0 Å². The summed E-state index contributed by atoms with van der Waals surface area (Å²) in [6.07, 6.45) is 1.06. The van der Waals surface area contributed by atoms with Gasteiger partial charge in [0.05, 0.1) is 19.3 Å². The Morgan fingerprint density at radius 1 is 1.22 bits per heavy atom. The van der Waals surface area contributed by atoms with Crippen LogP contribution in [0.4, 0.5) is 0 Å². The lowest BCUT2D eigenvalue weighted by atomic mass is 10.1. The normalized spacial score (nSPS) is 23.5. The lowest BCUT2D eigenvalue weighted by Crippen LogP contribution is -2.50. The van der Waals surface area contributed by atoms with E-state index in [1.165, 1.54) is 0 Å². The predicted octanol–water partition coefficient (Wildman–Crippen LogP) is 2.62. The predicted molar refractivity (Wildman–Crippen MR) is 95.5 cm³/mol. The van der Waals surface area contributed by atoms with E-state index in [9.17, 15) is 4.79 Å². The molecule has 0 saturated carbocycles. The van der Waals surface area contributed by atoms with Crippen molar-refractivity contribution in [1.82, 2.24) is 9.80 Å². The Balaban J connectivity index is 1.72. The van der Waals surface area contributed by atoms with Gasteiger partial charge in [0, 0.05) is 42.5 Å². The van der Waals surface area contributed by atoms with Crippen molar-refractivity contribution >= 4 is 29.3 Å². The second-order valence-electron chi connectivity index (χ2n) is 6.00. The highest BCUT2D eigenvalue weighted by molar-refractivity contribution is 7.99. The molecule has 6 heteroatoms. The largest absolute Gasteiger partial charge is 0.379 e. The third-order valence-corrected chi connectivity index (χ3v) is 5.81. The van der Waals surface area contributed by atoms with Gasteiger partial charge in [0.1, 0.15) is 0 Å². The molecule has 1 atom stereocenters. The number of rotatable bonds is 3. The molecule has 1 unspecified atom stereocenters. The number of carbonyl (C=O) groups is 1. The van der Waals surface area contributed by atoms with Gasteiger partial charge in [0.25, 0.3) is 5.91 Å². The maximum atomic E-state index is 12.9. The number of morpholine rings is 1. The molecule has 2 fully saturated rings. The van der Waals surface area contributed by atoms with Gasteiger partial charge >= 0.3 is 0 Å². The van der Waals surface area contributed by atoms with Gasteiger partial charge in [-0.3, -0.25) is 9.69 Å². The molecule has 23 heavy (non-hydrogen) atoms. The van der Waals surface area contributed by atoms with E-state index in [4.69, 9.17) is 16.3 Å². The number of carbonyl (C=O) groups excluding carboxylic acids is 1. The van der Waals surface area contributed by atoms with Crippen LogP contribution in [0.3, 0.4) is 0 Å². The van der Waals surface area contributed by atoms with Crippen molar-refractivity contribution in [1.29, 1.82) is 0 Å². The topological polar surface area (TPSA) is 32.8 Å². The number of hydrogen-bond donors (Lipinski definition) is 0. The van der Waals surface area contributed by atoms with Crippen LogP contribution in [0.2, 0.25) is 5.02 Å². The molecule has 2 aliphatic rings. The van der Waals surface area contributed by atoms with E-state index in [2.05, 4.69) is 9.80 Å². The van der Waals surface area contributed by atoms with Gasteiger partial charge in [-0.1, -0.05) is 11.6 Å². The maximum absolute atomic E-state index is 12.9. The average Bonchev–Trinajstić information content (AvgIpc) is 2.81. The molecule has 0 N–H and O–H groups in total. The van der Waals surface area contributed by atoms with Gasteiger partial charge < -0.3 is 9.64 Å². The van der Waals surface area contributed by atoms with E-state index >= 15 is 0 Å². The highest BCUT2D eigenvalue weighted by atomic mass is 35.5. The van der Waals surface area contributed by atoms with E-state index in [-0.39, 0.29) is 11.9 Å². The molecule has 1 amide bonds. The quantitative estimate of drug-likeness (QED) is 0.835. The molecule has 3 rings (SSSR count). The molecule has 0 aromatic heterocycles. The Morgan fingerprint density at radius 3 is 2.70 bits per heavy atom. The number of ether oxygens (including phenoxy) is 1. The molecule has 0 aliphatic carbocycles. The summed E-state index contributed by atoms with van der Waals surface area (Å²) >= 11 is 7.90. The van der Waals surface area contributed by atoms with Crippen LogP contribution in [0.5, 0.6) is 0 Å². The van der Waals surface area contributed by atoms with Crippen molar-refractivity contribution in [3.8, 4) is 0 Å². The Bertz CT molecular complexity index is 520. The summed E-state index contributed by atoms with van der Waals surface area (Å²) in [7, 11) is 0. The highest BCUT2D eigenvalue weighted by Gasteiger charge is 2.28. The third-order valence-electron chi connectivity index (χ3n) is 4.36. The van der Waals surface area contributed by atoms with Gasteiger partial charge in [-0.15, -0.1) is 0 Å². The summed E-state index contributed by atoms with van der Waals surface area (Å²) in [4.78, 5) is 17.4. The molecule has 0 spiro atoms.